The number of hydrogen-bond donors (Lipinski definition) is 0. The molecule has 8 heteroatoms. The van der Waals surface area contributed by atoms with Crippen molar-refractivity contribution < 1.29 is 4.42 Å². The normalized spacial score (nSPS) is 16.9. The molecule has 0 unspecified atom stereocenters. The van der Waals surface area contributed by atoms with Crippen molar-refractivity contribution >= 4 is 44.7 Å². The van der Waals surface area contributed by atoms with Crippen molar-refractivity contribution in [3.63, 3.8) is 0 Å². The van der Waals surface area contributed by atoms with Crippen molar-refractivity contribution in [2.24, 2.45) is 5.92 Å². The summed E-state index contributed by atoms with van der Waals surface area (Å²) in [5.41, 5.74) is 1.45. The van der Waals surface area contributed by atoms with Crippen molar-refractivity contribution in [2.45, 2.75) is 37.0 Å². The molecule has 0 amide bonds. The molecule has 0 fully saturated rings. The van der Waals surface area contributed by atoms with Gasteiger partial charge in [0.15, 0.2) is 0 Å². The Morgan fingerprint density at radius 1 is 1.31 bits per heavy atom. The van der Waals surface area contributed by atoms with Crippen molar-refractivity contribution in [1.29, 1.82) is 0 Å². The molecule has 0 N–H and O–H groups in total. The van der Waals surface area contributed by atoms with Crippen LogP contribution in [0.1, 0.15) is 29.7 Å². The summed E-state index contributed by atoms with van der Waals surface area (Å²) >= 11 is 5.08. The SMILES string of the molecule is C[C@H]1CCc2c(sc3ncnc(SCc4nnc(-c5cccs5)o4)c23)C1. The molecule has 0 aromatic carbocycles. The number of nitrogens with zero attached hydrogens (tertiary/aromatic N) is 4. The number of aromatic nitrogens is 4. The van der Waals surface area contributed by atoms with Crippen LogP contribution in [0, 0.1) is 5.92 Å². The van der Waals surface area contributed by atoms with E-state index in [0.717, 1.165) is 33.5 Å². The molecule has 0 spiro atoms. The fourth-order valence-corrected chi connectivity index (χ4v) is 6.22. The Kier molecular flexibility index (Phi) is 4.26. The van der Waals surface area contributed by atoms with Gasteiger partial charge in [-0.05, 0) is 42.2 Å². The first-order valence-electron chi connectivity index (χ1n) is 8.52. The number of fused-ring (bicyclic) bond motifs is 3. The molecule has 4 heterocycles. The molecule has 0 bridgehead atoms. The highest BCUT2D eigenvalue weighted by Gasteiger charge is 2.23. The fraction of sp³-hybridized carbons (Fsp3) is 0.333. The monoisotopic (exact) mass is 400 g/mol. The molecule has 0 saturated heterocycles. The quantitative estimate of drug-likeness (QED) is 0.346. The molecule has 1 aliphatic carbocycles. The minimum absolute atomic E-state index is 0.588. The van der Waals surface area contributed by atoms with E-state index in [1.165, 1.54) is 22.2 Å². The Labute approximate surface area is 162 Å². The third kappa shape index (κ3) is 2.95. The fourth-order valence-electron chi connectivity index (χ4n) is 3.30. The lowest BCUT2D eigenvalue weighted by molar-refractivity contribution is 0.509. The van der Waals surface area contributed by atoms with E-state index in [9.17, 15) is 0 Å². The van der Waals surface area contributed by atoms with Gasteiger partial charge in [-0.2, -0.15) is 0 Å². The predicted molar refractivity (Wildman–Crippen MR) is 106 cm³/mol. The van der Waals surface area contributed by atoms with Gasteiger partial charge >= 0.3 is 0 Å². The molecule has 4 aromatic heterocycles. The average Bonchev–Trinajstić information content (AvgIpc) is 3.37. The summed E-state index contributed by atoms with van der Waals surface area (Å²) in [5, 5.41) is 12.6. The van der Waals surface area contributed by atoms with Crippen molar-refractivity contribution in [3.05, 3.63) is 40.2 Å². The minimum atomic E-state index is 0.588. The van der Waals surface area contributed by atoms with E-state index in [1.54, 1.807) is 29.4 Å². The first kappa shape index (κ1) is 16.4. The van der Waals surface area contributed by atoms with Gasteiger partial charge in [0, 0.05) is 10.3 Å². The van der Waals surface area contributed by atoms with Crippen LogP contribution < -0.4 is 0 Å². The summed E-state index contributed by atoms with van der Waals surface area (Å²) in [4.78, 5) is 12.6. The van der Waals surface area contributed by atoms with E-state index in [0.29, 0.717) is 17.5 Å². The van der Waals surface area contributed by atoms with Crippen LogP contribution in [-0.2, 0) is 18.6 Å². The molecule has 0 aliphatic heterocycles. The molecule has 5 rings (SSSR count). The molecular formula is C18H16N4OS3. The summed E-state index contributed by atoms with van der Waals surface area (Å²) in [6, 6.07) is 3.97. The minimum Gasteiger partial charge on any atom is -0.419 e. The van der Waals surface area contributed by atoms with Crippen LogP contribution in [0.15, 0.2) is 33.3 Å². The van der Waals surface area contributed by atoms with Gasteiger partial charge in [-0.1, -0.05) is 24.8 Å². The zero-order chi connectivity index (χ0) is 17.5. The molecular weight excluding hydrogens is 384 g/mol. The van der Waals surface area contributed by atoms with Gasteiger partial charge in [-0.25, -0.2) is 9.97 Å². The molecule has 26 heavy (non-hydrogen) atoms. The van der Waals surface area contributed by atoms with Gasteiger partial charge in [-0.3, -0.25) is 0 Å². The summed E-state index contributed by atoms with van der Waals surface area (Å²) in [5.74, 6) is 2.59. The van der Waals surface area contributed by atoms with Gasteiger partial charge < -0.3 is 4.42 Å². The lowest BCUT2D eigenvalue weighted by Crippen LogP contribution is -2.08. The summed E-state index contributed by atoms with van der Waals surface area (Å²) in [7, 11) is 0. The lowest BCUT2D eigenvalue weighted by atomic mass is 9.89. The first-order chi connectivity index (χ1) is 12.8. The maximum Gasteiger partial charge on any atom is 0.257 e. The Hall–Kier alpha value is -1.77. The molecule has 4 aromatic rings. The maximum atomic E-state index is 5.80. The van der Waals surface area contributed by atoms with Crippen LogP contribution in [0.2, 0.25) is 0 Å². The van der Waals surface area contributed by atoms with E-state index >= 15 is 0 Å². The van der Waals surface area contributed by atoms with Crippen LogP contribution in [0.25, 0.3) is 21.0 Å². The van der Waals surface area contributed by atoms with Gasteiger partial charge in [0.25, 0.3) is 5.89 Å². The van der Waals surface area contributed by atoms with E-state index in [-0.39, 0.29) is 0 Å². The van der Waals surface area contributed by atoms with Crippen LogP contribution in [0.3, 0.4) is 0 Å². The predicted octanol–water partition coefficient (Wildman–Crippen LogP) is 5.22. The zero-order valence-corrected chi connectivity index (χ0v) is 16.6. The number of thioether (sulfide) groups is 1. The number of rotatable bonds is 4. The van der Waals surface area contributed by atoms with Crippen molar-refractivity contribution in [2.75, 3.05) is 0 Å². The van der Waals surface area contributed by atoms with Gasteiger partial charge in [0.05, 0.1) is 10.6 Å². The van der Waals surface area contributed by atoms with E-state index in [2.05, 4.69) is 27.1 Å². The zero-order valence-electron chi connectivity index (χ0n) is 14.1. The van der Waals surface area contributed by atoms with E-state index < -0.39 is 0 Å². The Morgan fingerprint density at radius 3 is 3.15 bits per heavy atom. The van der Waals surface area contributed by atoms with Crippen LogP contribution in [-0.4, -0.2) is 20.2 Å². The molecule has 0 saturated carbocycles. The van der Waals surface area contributed by atoms with Crippen LogP contribution >= 0.6 is 34.4 Å². The molecule has 1 atom stereocenters. The van der Waals surface area contributed by atoms with E-state index in [4.69, 9.17) is 4.42 Å². The summed E-state index contributed by atoms with van der Waals surface area (Å²) < 4.78 is 5.80. The summed E-state index contributed by atoms with van der Waals surface area (Å²) in [6.45, 7) is 2.33. The standard InChI is InChI=1S/C18H16N4OS3/c1-10-4-5-11-13(7-10)26-18-15(11)17(19-9-20-18)25-8-14-21-22-16(23-14)12-3-2-6-24-12/h2-3,6,9-10H,4-5,7-8H2,1H3/t10-/m0/s1. The largest absolute Gasteiger partial charge is 0.419 e. The van der Waals surface area contributed by atoms with Crippen LogP contribution in [0.4, 0.5) is 0 Å². The third-order valence-corrected chi connectivity index (χ3v) is 7.58. The van der Waals surface area contributed by atoms with Crippen LogP contribution in [0.5, 0.6) is 0 Å². The average molecular weight is 401 g/mol. The second-order valence-electron chi connectivity index (χ2n) is 6.48. The Bertz CT molecular complexity index is 1050. The maximum absolute atomic E-state index is 5.80. The third-order valence-electron chi connectivity index (χ3n) is 4.59. The highest BCUT2D eigenvalue weighted by molar-refractivity contribution is 7.98. The Balaban J connectivity index is 1.41. The molecule has 1 aliphatic rings. The smallest absolute Gasteiger partial charge is 0.257 e. The second kappa shape index (κ2) is 6.75. The Morgan fingerprint density at radius 2 is 2.27 bits per heavy atom. The first-order valence-corrected chi connectivity index (χ1v) is 11.2. The van der Waals surface area contributed by atoms with Crippen molar-refractivity contribution in [1.82, 2.24) is 20.2 Å². The molecule has 0 radical (unpaired) electrons. The molecule has 5 nitrogen and oxygen atoms in total. The van der Waals surface area contributed by atoms with Gasteiger partial charge in [0.2, 0.25) is 5.89 Å². The summed E-state index contributed by atoms with van der Waals surface area (Å²) in [6.07, 6.45) is 5.20. The lowest BCUT2D eigenvalue weighted by Gasteiger charge is -2.18. The van der Waals surface area contributed by atoms with E-state index in [1.807, 2.05) is 28.8 Å². The molecule has 132 valence electrons. The van der Waals surface area contributed by atoms with Crippen molar-refractivity contribution in [3.8, 4) is 10.8 Å². The highest BCUT2D eigenvalue weighted by atomic mass is 32.2. The number of thiophene rings is 2. The number of hydrogen-bond acceptors (Lipinski definition) is 8. The second-order valence-corrected chi connectivity index (χ2v) is 9.47. The van der Waals surface area contributed by atoms with Gasteiger partial charge in [-0.15, -0.1) is 32.9 Å². The highest BCUT2D eigenvalue weighted by Crippen LogP contribution is 2.41. The topological polar surface area (TPSA) is 64.7 Å². The van der Waals surface area contributed by atoms with Gasteiger partial charge in [0.1, 0.15) is 16.2 Å². The number of aryl methyl sites for hydroxylation is 1.